The summed E-state index contributed by atoms with van der Waals surface area (Å²) in [6.45, 7) is 0.393. The smallest absolute Gasteiger partial charge is 0.442 e. The minimum absolute atomic E-state index is 0.133. The highest BCUT2D eigenvalue weighted by Gasteiger charge is 2.54. The summed E-state index contributed by atoms with van der Waals surface area (Å²) in [7, 11) is 0. The molecule has 1 aromatic rings. The van der Waals surface area contributed by atoms with E-state index in [0.717, 1.165) is 16.7 Å². The third-order valence-electron chi connectivity index (χ3n) is 4.43. The van der Waals surface area contributed by atoms with E-state index in [9.17, 15) is 37.5 Å². The summed E-state index contributed by atoms with van der Waals surface area (Å²) in [5, 5.41) is 25.1. The molecular weight excluding hydrogens is 525 g/mol. The molecule has 1 fully saturated rings. The van der Waals surface area contributed by atoms with Crippen molar-refractivity contribution in [2.24, 2.45) is 5.73 Å². The van der Waals surface area contributed by atoms with Crippen LogP contribution in [0.3, 0.4) is 0 Å². The summed E-state index contributed by atoms with van der Waals surface area (Å²) in [6, 6.07) is -1.82. The van der Waals surface area contributed by atoms with Gasteiger partial charge < -0.3 is 21.5 Å². The number of halogens is 3. The number of aromatic nitrogens is 4. The van der Waals surface area contributed by atoms with E-state index in [1.165, 1.54) is 16.4 Å². The van der Waals surface area contributed by atoms with E-state index in [2.05, 4.69) is 26.2 Å². The van der Waals surface area contributed by atoms with Crippen LogP contribution < -0.4 is 16.4 Å². The van der Waals surface area contributed by atoms with E-state index in [-0.39, 0.29) is 30.3 Å². The summed E-state index contributed by atoms with van der Waals surface area (Å²) >= 11 is 1.78. The molecule has 0 aromatic carbocycles. The van der Waals surface area contributed by atoms with Crippen molar-refractivity contribution in [3.8, 4) is 0 Å². The molecule has 0 aliphatic carbocycles. The number of tetrazole rings is 1. The van der Waals surface area contributed by atoms with Crippen LogP contribution in [0.15, 0.2) is 16.4 Å². The minimum Gasteiger partial charge on any atom is -0.477 e. The van der Waals surface area contributed by atoms with E-state index in [1.54, 1.807) is 0 Å². The first-order chi connectivity index (χ1) is 16.0. The van der Waals surface area contributed by atoms with Crippen LogP contribution in [-0.4, -0.2) is 94.8 Å². The molecule has 5 N–H and O–H groups in total. The summed E-state index contributed by atoms with van der Waals surface area (Å²) < 4.78 is 38.2. The molecule has 2 atom stereocenters. The van der Waals surface area contributed by atoms with Crippen LogP contribution in [0, 0.1) is 0 Å². The molecule has 0 bridgehead atoms. The zero-order valence-corrected chi connectivity index (χ0v) is 19.4. The molecule has 34 heavy (non-hydrogen) atoms. The highest BCUT2D eigenvalue weighted by atomic mass is 32.2. The number of nitrogens with two attached hydrogens (primary N) is 1. The number of urea groups is 1. The third kappa shape index (κ3) is 6.26. The van der Waals surface area contributed by atoms with Crippen LogP contribution in [0.4, 0.5) is 18.0 Å². The summed E-state index contributed by atoms with van der Waals surface area (Å²) in [5.74, 6) is -3.61. The van der Waals surface area contributed by atoms with Gasteiger partial charge in [0, 0.05) is 18.1 Å². The van der Waals surface area contributed by atoms with E-state index >= 15 is 0 Å². The standard InChI is InChI=1S/C15H17F3N8O5S3/c16-15(17,18)34-5-7(27)21-8-10(28)26-9(12(29)30)6(3-32-11(8)26)4-33-14-22-23-24-25(14)2-1-20-13(19)31/h8,11H,1-5H2,(H,21,27)(H,29,30)(H3,19,20,31)/t8?,11-/m1/s1. The number of alkyl halides is 3. The van der Waals surface area contributed by atoms with Crippen molar-refractivity contribution in [1.82, 2.24) is 35.7 Å². The Morgan fingerprint density at radius 3 is 2.71 bits per heavy atom. The maximum Gasteiger partial charge on any atom is 0.442 e. The predicted molar refractivity (Wildman–Crippen MR) is 114 cm³/mol. The number of fused-ring (bicyclic) bond motifs is 1. The maximum atomic E-state index is 12.5. The number of carbonyl (C=O) groups excluding carboxylic acids is 3. The second-order valence-electron chi connectivity index (χ2n) is 6.71. The second-order valence-corrected chi connectivity index (χ2v) is 9.80. The predicted octanol–water partition coefficient (Wildman–Crippen LogP) is -0.575. The van der Waals surface area contributed by atoms with Crippen molar-refractivity contribution in [1.29, 1.82) is 0 Å². The molecule has 3 heterocycles. The molecule has 0 spiro atoms. The molecule has 4 amide bonds. The number of carboxylic acid groups (broad SMARTS) is 1. The van der Waals surface area contributed by atoms with Gasteiger partial charge in [-0.1, -0.05) is 11.8 Å². The average Bonchev–Trinajstić information content (AvgIpc) is 3.20. The molecular formula is C15H17F3N8O5S3. The van der Waals surface area contributed by atoms with Gasteiger partial charge in [0.05, 0.1) is 12.3 Å². The fourth-order valence-corrected chi connectivity index (χ4v) is 5.80. The second kappa shape index (κ2) is 10.7. The SMILES string of the molecule is NC(=O)NCCn1nnnc1SCC1=C(C(=O)O)N2C(=O)C(NC(=O)CSC(F)(F)F)[C@H]2SC1. The zero-order valence-electron chi connectivity index (χ0n) is 16.9. The molecule has 0 radical (unpaired) electrons. The summed E-state index contributed by atoms with van der Waals surface area (Å²) in [4.78, 5) is 48.0. The van der Waals surface area contributed by atoms with Gasteiger partial charge in [-0.25, -0.2) is 14.3 Å². The van der Waals surface area contributed by atoms with Crippen LogP contribution in [-0.2, 0) is 20.9 Å². The topological polar surface area (TPSA) is 185 Å². The number of nitrogens with one attached hydrogen (secondary N) is 2. The lowest BCUT2D eigenvalue weighted by Gasteiger charge is -2.49. The molecule has 19 heteroatoms. The van der Waals surface area contributed by atoms with Crippen LogP contribution in [0.2, 0.25) is 0 Å². The van der Waals surface area contributed by atoms with Gasteiger partial charge in [0.25, 0.3) is 5.91 Å². The van der Waals surface area contributed by atoms with Gasteiger partial charge in [-0.2, -0.15) is 13.2 Å². The molecule has 13 nitrogen and oxygen atoms in total. The van der Waals surface area contributed by atoms with Gasteiger partial charge in [-0.05, 0) is 27.8 Å². The van der Waals surface area contributed by atoms with Gasteiger partial charge in [-0.3, -0.25) is 14.5 Å². The number of β-lactam (4-membered cyclic amide) rings is 1. The van der Waals surface area contributed by atoms with Crippen LogP contribution in [0.5, 0.6) is 0 Å². The number of primary amides is 1. The number of hydrogen-bond donors (Lipinski definition) is 4. The highest BCUT2D eigenvalue weighted by molar-refractivity contribution is 8.01. The molecule has 1 unspecified atom stereocenters. The highest BCUT2D eigenvalue weighted by Crippen LogP contribution is 2.41. The number of carboxylic acids is 1. The van der Waals surface area contributed by atoms with E-state index in [4.69, 9.17) is 5.73 Å². The third-order valence-corrected chi connectivity index (χ3v) is 7.55. The van der Waals surface area contributed by atoms with Crippen LogP contribution in [0.25, 0.3) is 0 Å². The van der Waals surface area contributed by atoms with E-state index in [0.29, 0.717) is 10.7 Å². The fraction of sp³-hybridized carbons (Fsp3) is 0.533. The molecule has 0 saturated carbocycles. The van der Waals surface area contributed by atoms with Gasteiger partial charge >= 0.3 is 17.5 Å². The first-order valence-electron chi connectivity index (χ1n) is 9.30. The Morgan fingerprint density at radius 1 is 1.32 bits per heavy atom. The average molecular weight is 543 g/mol. The molecule has 1 saturated heterocycles. The van der Waals surface area contributed by atoms with Gasteiger partial charge in [-0.15, -0.1) is 16.9 Å². The lowest BCUT2D eigenvalue weighted by molar-refractivity contribution is -0.150. The van der Waals surface area contributed by atoms with Crippen molar-refractivity contribution in [3.05, 3.63) is 11.3 Å². The number of rotatable bonds is 10. The first-order valence-corrected chi connectivity index (χ1v) is 12.3. The zero-order chi connectivity index (χ0) is 25.0. The Labute approximate surface area is 201 Å². The normalized spacial score (nSPS) is 20.0. The molecule has 2 aliphatic heterocycles. The summed E-state index contributed by atoms with van der Waals surface area (Å²) in [5.41, 5.74) is 0.578. The van der Waals surface area contributed by atoms with Crippen LogP contribution in [0.1, 0.15) is 0 Å². The number of nitrogens with zero attached hydrogens (tertiary/aromatic N) is 5. The number of aliphatic carboxylic acids is 1. The number of thioether (sulfide) groups is 3. The van der Waals surface area contributed by atoms with Crippen molar-refractivity contribution >= 4 is 59.1 Å². The van der Waals surface area contributed by atoms with Crippen LogP contribution >= 0.6 is 35.3 Å². The maximum absolute atomic E-state index is 12.5. The lowest BCUT2D eigenvalue weighted by atomic mass is 10.0. The number of amides is 4. The number of hydrogen-bond acceptors (Lipinski definition) is 10. The van der Waals surface area contributed by atoms with E-state index < -0.39 is 58.3 Å². The minimum atomic E-state index is -4.59. The number of carbonyl (C=O) groups is 4. The quantitative estimate of drug-likeness (QED) is 0.219. The Hall–Kier alpha value is -2.67. The Morgan fingerprint density at radius 2 is 2.06 bits per heavy atom. The summed E-state index contributed by atoms with van der Waals surface area (Å²) in [6.07, 6.45) is 0. The largest absolute Gasteiger partial charge is 0.477 e. The van der Waals surface area contributed by atoms with Gasteiger partial charge in [0.2, 0.25) is 11.1 Å². The van der Waals surface area contributed by atoms with Crippen molar-refractivity contribution in [3.63, 3.8) is 0 Å². The molecule has 3 rings (SSSR count). The van der Waals surface area contributed by atoms with Crippen molar-refractivity contribution in [2.75, 3.05) is 23.8 Å². The molecule has 186 valence electrons. The van der Waals surface area contributed by atoms with Gasteiger partial charge in [0.1, 0.15) is 17.1 Å². The fourth-order valence-electron chi connectivity index (χ4n) is 3.03. The van der Waals surface area contributed by atoms with E-state index in [1.807, 2.05) is 0 Å². The Bertz CT molecular complexity index is 1020. The van der Waals surface area contributed by atoms with Crippen molar-refractivity contribution in [2.45, 2.75) is 28.6 Å². The molecule has 1 aromatic heterocycles. The Balaban J connectivity index is 1.63. The Kier molecular flexibility index (Phi) is 8.18. The first kappa shape index (κ1) is 25.9. The van der Waals surface area contributed by atoms with Crippen molar-refractivity contribution < 1.29 is 37.5 Å². The van der Waals surface area contributed by atoms with Gasteiger partial charge in [0.15, 0.2) is 0 Å². The monoisotopic (exact) mass is 542 g/mol. The molecule has 2 aliphatic rings. The lowest BCUT2D eigenvalue weighted by Crippen LogP contribution is -2.70.